The summed E-state index contributed by atoms with van der Waals surface area (Å²) in [5.74, 6) is -2.06. The van der Waals surface area contributed by atoms with E-state index in [1.54, 1.807) is 0 Å². The molecule has 1 unspecified atom stereocenters. The second-order valence-electron chi connectivity index (χ2n) is 3.65. The number of halogens is 2. The van der Waals surface area contributed by atoms with Gasteiger partial charge in [-0.25, -0.2) is 8.78 Å². The van der Waals surface area contributed by atoms with Crippen molar-refractivity contribution >= 4 is 5.78 Å². The highest BCUT2D eigenvalue weighted by molar-refractivity contribution is 5.85. The van der Waals surface area contributed by atoms with E-state index >= 15 is 0 Å². The average molecular weight is 228 g/mol. The van der Waals surface area contributed by atoms with Gasteiger partial charge in [0.1, 0.15) is 17.7 Å². The third-order valence-electron chi connectivity index (χ3n) is 2.35. The fourth-order valence-electron chi connectivity index (χ4n) is 1.43. The molecule has 0 fully saturated rings. The van der Waals surface area contributed by atoms with Crippen molar-refractivity contribution in [2.75, 3.05) is 0 Å². The van der Waals surface area contributed by atoms with Gasteiger partial charge in [-0.05, 0) is 18.6 Å². The molecule has 1 N–H and O–H groups in total. The van der Waals surface area contributed by atoms with Crippen LogP contribution < -0.4 is 0 Å². The van der Waals surface area contributed by atoms with Crippen LogP contribution in [0.5, 0.6) is 0 Å². The standard InChI is InChI=1S/C12H14F2O2/c1-2-4-11(15)12(16)7-8-9(13)5-3-6-10(8)14/h3,5-6,11,15H,2,4,7H2,1H3. The molecule has 1 aromatic carbocycles. The number of hydrogen-bond donors (Lipinski definition) is 1. The lowest BCUT2D eigenvalue weighted by Crippen LogP contribution is -2.22. The van der Waals surface area contributed by atoms with Crippen LogP contribution in [0, 0.1) is 11.6 Å². The molecule has 0 aliphatic rings. The molecule has 0 saturated heterocycles. The van der Waals surface area contributed by atoms with Crippen molar-refractivity contribution in [3.05, 3.63) is 35.4 Å². The molecule has 0 radical (unpaired) electrons. The number of carbonyl (C=O) groups is 1. The summed E-state index contributed by atoms with van der Waals surface area (Å²) in [4.78, 5) is 11.4. The van der Waals surface area contributed by atoms with Crippen LogP contribution in [-0.2, 0) is 11.2 Å². The van der Waals surface area contributed by atoms with E-state index < -0.39 is 29.9 Å². The normalized spacial score (nSPS) is 12.5. The molecule has 88 valence electrons. The Balaban J connectivity index is 2.77. The Kier molecular flexibility index (Phi) is 4.55. The molecule has 1 rings (SSSR count). The quantitative estimate of drug-likeness (QED) is 0.839. The summed E-state index contributed by atoms with van der Waals surface area (Å²) in [6, 6.07) is 3.43. The zero-order chi connectivity index (χ0) is 12.1. The van der Waals surface area contributed by atoms with E-state index in [9.17, 15) is 18.7 Å². The lowest BCUT2D eigenvalue weighted by molar-refractivity contribution is -0.126. The Labute approximate surface area is 92.9 Å². The highest BCUT2D eigenvalue weighted by Gasteiger charge is 2.18. The predicted octanol–water partition coefficient (Wildman–Crippen LogP) is 2.24. The zero-order valence-electron chi connectivity index (χ0n) is 9.04. The van der Waals surface area contributed by atoms with Crippen molar-refractivity contribution in [3.8, 4) is 0 Å². The molecule has 1 atom stereocenters. The van der Waals surface area contributed by atoms with Crippen molar-refractivity contribution < 1.29 is 18.7 Å². The van der Waals surface area contributed by atoms with Crippen LogP contribution in [-0.4, -0.2) is 17.0 Å². The van der Waals surface area contributed by atoms with E-state index in [0.29, 0.717) is 12.8 Å². The van der Waals surface area contributed by atoms with Crippen LogP contribution >= 0.6 is 0 Å². The Morgan fingerprint density at radius 3 is 2.44 bits per heavy atom. The SMILES string of the molecule is CCCC(O)C(=O)Cc1c(F)cccc1F. The number of benzene rings is 1. The maximum atomic E-state index is 13.2. The minimum absolute atomic E-state index is 0.275. The summed E-state index contributed by atoms with van der Waals surface area (Å²) >= 11 is 0. The summed E-state index contributed by atoms with van der Waals surface area (Å²) in [5.41, 5.74) is -0.275. The molecular formula is C12H14F2O2. The summed E-state index contributed by atoms with van der Waals surface area (Å²) < 4.78 is 26.4. The van der Waals surface area contributed by atoms with Gasteiger partial charge in [0.05, 0.1) is 0 Å². The Bertz CT molecular complexity index is 357. The van der Waals surface area contributed by atoms with Crippen molar-refractivity contribution in [1.82, 2.24) is 0 Å². The lowest BCUT2D eigenvalue weighted by atomic mass is 10.0. The molecule has 0 aliphatic carbocycles. The Morgan fingerprint density at radius 2 is 1.94 bits per heavy atom. The largest absolute Gasteiger partial charge is 0.385 e. The molecule has 0 aromatic heterocycles. The molecule has 1 aromatic rings. The van der Waals surface area contributed by atoms with Gasteiger partial charge in [-0.1, -0.05) is 19.4 Å². The third-order valence-corrected chi connectivity index (χ3v) is 2.35. The van der Waals surface area contributed by atoms with Gasteiger partial charge < -0.3 is 5.11 Å². The van der Waals surface area contributed by atoms with Gasteiger partial charge in [0, 0.05) is 12.0 Å². The van der Waals surface area contributed by atoms with Crippen LogP contribution in [0.25, 0.3) is 0 Å². The molecule has 0 heterocycles. The Hall–Kier alpha value is -1.29. The summed E-state index contributed by atoms with van der Waals surface area (Å²) in [5, 5.41) is 9.37. The van der Waals surface area contributed by atoms with Gasteiger partial charge in [0.2, 0.25) is 0 Å². The number of aliphatic hydroxyl groups excluding tert-OH is 1. The van der Waals surface area contributed by atoms with E-state index in [4.69, 9.17) is 0 Å². The van der Waals surface area contributed by atoms with E-state index in [1.807, 2.05) is 6.92 Å². The lowest BCUT2D eigenvalue weighted by Gasteiger charge is -2.09. The number of carbonyl (C=O) groups excluding carboxylic acids is 1. The third kappa shape index (κ3) is 3.10. The van der Waals surface area contributed by atoms with Gasteiger partial charge in [0.15, 0.2) is 5.78 Å². The van der Waals surface area contributed by atoms with E-state index in [1.165, 1.54) is 6.07 Å². The number of Topliss-reactive ketones (excluding diaryl/α,β-unsaturated/α-hetero) is 1. The monoisotopic (exact) mass is 228 g/mol. The van der Waals surface area contributed by atoms with Crippen LogP contribution in [0.15, 0.2) is 18.2 Å². The van der Waals surface area contributed by atoms with Gasteiger partial charge in [-0.3, -0.25) is 4.79 Å². The molecular weight excluding hydrogens is 214 g/mol. The summed E-state index contributed by atoms with van der Waals surface area (Å²) in [7, 11) is 0. The molecule has 0 spiro atoms. The fourth-order valence-corrected chi connectivity index (χ4v) is 1.43. The van der Waals surface area contributed by atoms with Crippen molar-refractivity contribution in [2.45, 2.75) is 32.3 Å². The highest BCUT2D eigenvalue weighted by atomic mass is 19.1. The summed E-state index contributed by atoms with van der Waals surface area (Å²) in [6.07, 6.45) is -0.578. The van der Waals surface area contributed by atoms with Crippen molar-refractivity contribution in [1.29, 1.82) is 0 Å². The number of hydrogen-bond acceptors (Lipinski definition) is 2. The fraction of sp³-hybridized carbons (Fsp3) is 0.417. The second kappa shape index (κ2) is 5.70. The van der Waals surface area contributed by atoms with E-state index in [-0.39, 0.29) is 5.56 Å². The molecule has 0 bridgehead atoms. The van der Waals surface area contributed by atoms with Crippen LogP contribution in [0.1, 0.15) is 25.3 Å². The molecule has 0 aliphatic heterocycles. The highest BCUT2D eigenvalue weighted by Crippen LogP contribution is 2.14. The first-order chi connectivity index (χ1) is 7.56. The molecule has 0 saturated carbocycles. The second-order valence-corrected chi connectivity index (χ2v) is 3.65. The van der Waals surface area contributed by atoms with Gasteiger partial charge >= 0.3 is 0 Å². The van der Waals surface area contributed by atoms with Crippen molar-refractivity contribution in [3.63, 3.8) is 0 Å². The number of ketones is 1. The molecule has 16 heavy (non-hydrogen) atoms. The van der Waals surface area contributed by atoms with E-state index in [0.717, 1.165) is 12.1 Å². The zero-order valence-corrected chi connectivity index (χ0v) is 9.04. The molecule has 0 amide bonds. The minimum atomic E-state index is -1.14. The smallest absolute Gasteiger partial charge is 0.165 e. The molecule has 2 nitrogen and oxygen atoms in total. The topological polar surface area (TPSA) is 37.3 Å². The Morgan fingerprint density at radius 1 is 1.38 bits per heavy atom. The minimum Gasteiger partial charge on any atom is -0.385 e. The van der Waals surface area contributed by atoms with Crippen LogP contribution in [0.3, 0.4) is 0 Å². The van der Waals surface area contributed by atoms with Crippen LogP contribution in [0.4, 0.5) is 8.78 Å². The van der Waals surface area contributed by atoms with Crippen LogP contribution in [0.2, 0.25) is 0 Å². The van der Waals surface area contributed by atoms with Gasteiger partial charge in [-0.2, -0.15) is 0 Å². The van der Waals surface area contributed by atoms with Gasteiger partial charge in [-0.15, -0.1) is 0 Å². The first-order valence-corrected chi connectivity index (χ1v) is 5.20. The number of rotatable bonds is 5. The first-order valence-electron chi connectivity index (χ1n) is 5.20. The average Bonchev–Trinajstić information content (AvgIpc) is 2.23. The first kappa shape index (κ1) is 12.8. The predicted molar refractivity (Wildman–Crippen MR) is 56.0 cm³/mol. The maximum Gasteiger partial charge on any atom is 0.165 e. The summed E-state index contributed by atoms with van der Waals surface area (Å²) in [6.45, 7) is 1.82. The van der Waals surface area contributed by atoms with E-state index in [2.05, 4.69) is 0 Å². The maximum absolute atomic E-state index is 13.2. The molecule has 4 heteroatoms. The number of aliphatic hydroxyl groups is 1. The van der Waals surface area contributed by atoms with Gasteiger partial charge in [0.25, 0.3) is 0 Å². The van der Waals surface area contributed by atoms with Crippen molar-refractivity contribution in [2.24, 2.45) is 0 Å².